The first-order valence-corrected chi connectivity index (χ1v) is 7.28. The van der Waals surface area contributed by atoms with E-state index >= 15 is 0 Å². The highest BCUT2D eigenvalue weighted by Gasteiger charge is 2.22. The lowest BCUT2D eigenvalue weighted by molar-refractivity contribution is 0.100. The summed E-state index contributed by atoms with van der Waals surface area (Å²) in [5, 5.41) is 7.95. The Morgan fingerprint density at radius 2 is 2.19 bits per heavy atom. The second-order valence-corrected chi connectivity index (χ2v) is 5.56. The Morgan fingerprint density at radius 3 is 2.90 bits per heavy atom. The number of nitrogens with one attached hydrogen (secondary N) is 1. The topological polar surface area (TPSA) is 72.9 Å². The van der Waals surface area contributed by atoms with Crippen molar-refractivity contribution in [1.82, 2.24) is 15.1 Å². The van der Waals surface area contributed by atoms with Crippen molar-refractivity contribution >= 4 is 5.91 Å². The Kier molecular flexibility index (Phi) is 3.75. The number of primary amides is 1. The highest BCUT2D eigenvalue weighted by molar-refractivity contribution is 5.92. The van der Waals surface area contributed by atoms with E-state index in [1.807, 2.05) is 30.1 Å². The summed E-state index contributed by atoms with van der Waals surface area (Å²) in [6.45, 7) is 0.776. The Labute approximate surface area is 124 Å². The van der Waals surface area contributed by atoms with Crippen LogP contribution in [0.3, 0.4) is 0 Å². The Balaban J connectivity index is 1.67. The van der Waals surface area contributed by atoms with Crippen molar-refractivity contribution in [2.24, 2.45) is 12.8 Å². The molecule has 3 N–H and O–H groups in total. The Hall–Kier alpha value is -2.14. The van der Waals surface area contributed by atoms with Gasteiger partial charge >= 0.3 is 0 Å². The number of benzene rings is 1. The maximum atomic E-state index is 11.1. The molecule has 2 aromatic rings. The molecule has 1 aliphatic carbocycles. The fourth-order valence-electron chi connectivity index (χ4n) is 2.95. The molecule has 0 spiro atoms. The van der Waals surface area contributed by atoms with Crippen LogP contribution in [0.2, 0.25) is 0 Å². The van der Waals surface area contributed by atoms with Gasteiger partial charge in [0.2, 0.25) is 5.91 Å². The maximum Gasteiger partial charge on any atom is 0.248 e. The van der Waals surface area contributed by atoms with Crippen molar-refractivity contribution < 1.29 is 4.79 Å². The van der Waals surface area contributed by atoms with E-state index in [4.69, 9.17) is 5.73 Å². The normalized spacial score (nSPS) is 17.5. The van der Waals surface area contributed by atoms with Crippen LogP contribution in [0.1, 0.15) is 46.1 Å². The lowest BCUT2D eigenvalue weighted by Crippen LogP contribution is -2.25. The first-order chi connectivity index (χ1) is 10.1. The second kappa shape index (κ2) is 5.69. The molecule has 21 heavy (non-hydrogen) atoms. The van der Waals surface area contributed by atoms with Crippen LogP contribution in [0.4, 0.5) is 0 Å². The molecule has 1 aromatic carbocycles. The maximum absolute atomic E-state index is 11.1. The molecule has 1 aliphatic rings. The molecular formula is C16H20N4O. The van der Waals surface area contributed by atoms with Crippen molar-refractivity contribution in [1.29, 1.82) is 0 Å². The van der Waals surface area contributed by atoms with Gasteiger partial charge in [-0.05, 0) is 37.0 Å². The van der Waals surface area contributed by atoms with Crippen molar-refractivity contribution in [3.8, 4) is 0 Å². The lowest BCUT2D eigenvalue weighted by atomic mass is 9.93. The zero-order valence-electron chi connectivity index (χ0n) is 12.2. The third-order valence-corrected chi connectivity index (χ3v) is 4.17. The van der Waals surface area contributed by atoms with Gasteiger partial charge in [-0.15, -0.1) is 0 Å². The van der Waals surface area contributed by atoms with Crippen LogP contribution >= 0.6 is 0 Å². The van der Waals surface area contributed by atoms with E-state index in [0.717, 1.165) is 24.9 Å². The van der Waals surface area contributed by atoms with Gasteiger partial charge < -0.3 is 11.1 Å². The van der Waals surface area contributed by atoms with E-state index in [1.165, 1.54) is 17.7 Å². The number of carbonyl (C=O) groups excluding carboxylic acids is 1. The van der Waals surface area contributed by atoms with Gasteiger partial charge in [0.1, 0.15) is 0 Å². The van der Waals surface area contributed by atoms with Crippen LogP contribution in [0, 0.1) is 0 Å². The van der Waals surface area contributed by atoms with Gasteiger partial charge in [-0.25, -0.2) is 0 Å². The number of aryl methyl sites for hydroxylation is 1. The molecule has 1 amide bonds. The first kappa shape index (κ1) is 13.8. The average molecular weight is 284 g/mol. The summed E-state index contributed by atoms with van der Waals surface area (Å²) in [5.74, 6) is -0.387. The van der Waals surface area contributed by atoms with Gasteiger partial charge in [-0.2, -0.15) is 5.10 Å². The molecule has 0 aliphatic heterocycles. The smallest absolute Gasteiger partial charge is 0.248 e. The monoisotopic (exact) mass is 284 g/mol. The summed E-state index contributed by atoms with van der Waals surface area (Å²) in [5.41, 5.74) is 9.60. The standard InChI is InChI=1S/C16H20N4O/c1-20-15-4-2-3-14(13(15)10-19-20)18-9-11-5-7-12(8-6-11)16(17)21/h5-8,10,14,18H,2-4,9H2,1H3,(H2,17,21). The summed E-state index contributed by atoms with van der Waals surface area (Å²) in [4.78, 5) is 11.1. The highest BCUT2D eigenvalue weighted by atomic mass is 16.1. The predicted octanol–water partition coefficient (Wildman–Crippen LogP) is 1.69. The van der Waals surface area contributed by atoms with Gasteiger partial charge in [0.05, 0.1) is 6.20 Å². The van der Waals surface area contributed by atoms with Crippen LogP contribution in [-0.4, -0.2) is 15.7 Å². The van der Waals surface area contributed by atoms with Gasteiger partial charge in [-0.3, -0.25) is 9.48 Å². The minimum absolute atomic E-state index is 0.360. The fourth-order valence-corrected chi connectivity index (χ4v) is 2.95. The third-order valence-electron chi connectivity index (χ3n) is 4.17. The molecule has 0 saturated carbocycles. The Bertz CT molecular complexity index is 645. The van der Waals surface area contributed by atoms with Crippen LogP contribution in [0.15, 0.2) is 30.5 Å². The van der Waals surface area contributed by atoms with Crippen LogP contribution in [-0.2, 0) is 20.0 Å². The molecule has 0 saturated heterocycles. The van der Waals surface area contributed by atoms with Crippen LogP contribution < -0.4 is 11.1 Å². The molecule has 1 aromatic heterocycles. The third kappa shape index (κ3) is 2.83. The molecule has 110 valence electrons. The minimum Gasteiger partial charge on any atom is -0.366 e. The van der Waals surface area contributed by atoms with Crippen molar-refractivity contribution in [2.45, 2.75) is 31.8 Å². The average Bonchev–Trinajstić information content (AvgIpc) is 2.88. The first-order valence-electron chi connectivity index (χ1n) is 7.28. The summed E-state index contributed by atoms with van der Waals surface area (Å²) in [7, 11) is 2.00. The number of carbonyl (C=O) groups is 1. The van der Waals surface area contributed by atoms with Crippen molar-refractivity contribution in [3.05, 3.63) is 52.8 Å². The number of nitrogens with two attached hydrogens (primary N) is 1. The molecule has 0 radical (unpaired) electrons. The number of aromatic nitrogens is 2. The van der Waals surface area contributed by atoms with Gasteiger partial charge in [0, 0.05) is 36.5 Å². The summed E-state index contributed by atoms with van der Waals surface area (Å²) < 4.78 is 1.98. The highest BCUT2D eigenvalue weighted by Crippen LogP contribution is 2.29. The van der Waals surface area contributed by atoms with Gasteiger partial charge in [-0.1, -0.05) is 12.1 Å². The molecule has 3 rings (SSSR count). The zero-order chi connectivity index (χ0) is 14.8. The summed E-state index contributed by atoms with van der Waals surface area (Å²) >= 11 is 0. The van der Waals surface area contributed by atoms with E-state index < -0.39 is 0 Å². The van der Waals surface area contributed by atoms with E-state index in [-0.39, 0.29) is 5.91 Å². The minimum atomic E-state index is -0.387. The van der Waals surface area contributed by atoms with Gasteiger partial charge in [0.15, 0.2) is 0 Å². The number of fused-ring (bicyclic) bond motifs is 1. The molecule has 0 fully saturated rings. The predicted molar refractivity (Wildman–Crippen MR) is 80.7 cm³/mol. The molecule has 0 bridgehead atoms. The molecule has 1 unspecified atom stereocenters. The number of hydrogen-bond donors (Lipinski definition) is 2. The second-order valence-electron chi connectivity index (χ2n) is 5.56. The van der Waals surface area contributed by atoms with E-state index in [2.05, 4.69) is 10.4 Å². The van der Waals surface area contributed by atoms with E-state index in [9.17, 15) is 4.79 Å². The van der Waals surface area contributed by atoms with Crippen molar-refractivity contribution in [2.75, 3.05) is 0 Å². The quantitative estimate of drug-likeness (QED) is 0.897. The summed E-state index contributed by atoms with van der Waals surface area (Å²) in [6, 6.07) is 7.80. The van der Waals surface area contributed by atoms with Crippen LogP contribution in [0.25, 0.3) is 0 Å². The molecule has 1 atom stereocenters. The lowest BCUT2D eigenvalue weighted by Gasteiger charge is -2.24. The van der Waals surface area contributed by atoms with Gasteiger partial charge in [0.25, 0.3) is 0 Å². The number of rotatable bonds is 4. The number of nitrogens with zero attached hydrogens (tertiary/aromatic N) is 2. The summed E-state index contributed by atoms with van der Waals surface area (Å²) in [6.07, 6.45) is 5.41. The molecule has 5 nitrogen and oxygen atoms in total. The Morgan fingerprint density at radius 1 is 1.43 bits per heavy atom. The van der Waals surface area contributed by atoms with Crippen LogP contribution in [0.5, 0.6) is 0 Å². The largest absolute Gasteiger partial charge is 0.366 e. The van der Waals surface area contributed by atoms with Crippen molar-refractivity contribution in [3.63, 3.8) is 0 Å². The SMILES string of the molecule is Cn1ncc2c1CCCC2NCc1ccc(C(N)=O)cc1. The zero-order valence-corrected chi connectivity index (χ0v) is 12.2. The number of hydrogen-bond acceptors (Lipinski definition) is 3. The number of amides is 1. The molecule has 5 heteroatoms. The van der Waals surface area contributed by atoms with E-state index in [0.29, 0.717) is 11.6 Å². The fraction of sp³-hybridized carbons (Fsp3) is 0.375. The van der Waals surface area contributed by atoms with E-state index in [1.54, 1.807) is 12.1 Å². The molecular weight excluding hydrogens is 264 g/mol. The molecule has 1 heterocycles.